The van der Waals surface area contributed by atoms with E-state index in [1.165, 1.54) is 0 Å². The molecule has 5 heteroatoms. The van der Waals surface area contributed by atoms with Crippen LogP contribution in [0.5, 0.6) is 0 Å². The van der Waals surface area contributed by atoms with E-state index >= 15 is 0 Å². The van der Waals surface area contributed by atoms with Crippen LogP contribution < -0.4 is 0 Å². The van der Waals surface area contributed by atoms with Gasteiger partial charge in [0.25, 0.3) is 0 Å². The van der Waals surface area contributed by atoms with Crippen LogP contribution in [0.1, 0.15) is 32.2 Å². The Hall–Kier alpha value is -1.57. The predicted octanol–water partition coefficient (Wildman–Crippen LogP) is 3.46. The van der Waals surface area contributed by atoms with Crippen LogP contribution in [0.3, 0.4) is 0 Å². The van der Waals surface area contributed by atoms with E-state index in [-0.39, 0.29) is 5.60 Å². The van der Waals surface area contributed by atoms with Gasteiger partial charge in [-0.2, -0.15) is 5.26 Å². The lowest BCUT2D eigenvalue weighted by atomic mass is 10.1. The molecule has 1 aromatic heterocycles. The molecule has 0 spiro atoms. The molecule has 0 aliphatic carbocycles. The monoisotopic (exact) mass is 291 g/mol. The van der Waals surface area contributed by atoms with E-state index in [0.717, 1.165) is 11.3 Å². The van der Waals surface area contributed by atoms with Crippen molar-refractivity contribution in [2.24, 2.45) is 0 Å². The van der Waals surface area contributed by atoms with Gasteiger partial charge in [0.2, 0.25) is 0 Å². The van der Waals surface area contributed by atoms with Crippen LogP contribution >= 0.6 is 11.6 Å². The summed E-state index contributed by atoms with van der Waals surface area (Å²) in [4.78, 5) is 4.50. The SMILES string of the molecule is CCOC(C)(C)Cn1c(CCl)nc2c(C#N)cccc21. The number of ether oxygens (including phenoxy) is 1. The topological polar surface area (TPSA) is 50.8 Å². The molecule has 2 aromatic rings. The van der Waals surface area contributed by atoms with Crippen molar-refractivity contribution in [1.82, 2.24) is 9.55 Å². The normalized spacial score (nSPS) is 11.8. The molecule has 1 heterocycles. The van der Waals surface area contributed by atoms with Gasteiger partial charge >= 0.3 is 0 Å². The van der Waals surface area contributed by atoms with E-state index in [1.54, 1.807) is 6.07 Å². The molecule has 0 saturated carbocycles. The highest BCUT2D eigenvalue weighted by atomic mass is 35.5. The van der Waals surface area contributed by atoms with Crippen molar-refractivity contribution >= 4 is 22.6 Å². The highest BCUT2D eigenvalue weighted by Crippen LogP contribution is 2.24. The van der Waals surface area contributed by atoms with Crippen LogP contribution in [0.15, 0.2) is 18.2 Å². The number of nitriles is 1. The Morgan fingerprint density at radius 3 is 2.80 bits per heavy atom. The molecule has 0 saturated heterocycles. The van der Waals surface area contributed by atoms with Gasteiger partial charge in [0.05, 0.1) is 29.1 Å². The minimum Gasteiger partial charge on any atom is -0.374 e. The summed E-state index contributed by atoms with van der Waals surface area (Å²) >= 11 is 6.00. The predicted molar refractivity (Wildman–Crippen MR) is 79.7 cm³/mol. The Balaban J connectivity index is 2.55. The summed E-state index contributed by atoms with van der Waals surface area (Å²) in [6, 6.07) is 7.77. The Morgan fingerprint density at radius 1 is 1.45 bits per heavy atom. The standard InChI is InChI=1S/C15H18ClN3O/c1-4-20-15(2,3)10-19-12-7-5-6-11(9-17)14(12)18-13(19)8-16/h5-7H,4,8,10H2,1-3H3. The Labute approximate surface area is 123 Å². The summed E-state index contributed by atoms with van der Waals surface area (Å²) in [5.41, 5.74) is 1.89. The number of hydrogen-bond donors (Lipinski definition) is 0. The van der Waals surface area contributed by atoms with E-state index in [2.05, 4.69) is 11.1 Å². The zero-order valence-corrected chi connectivity index (χ0v) is 12.7. The third-order valence-electron chi connectivity index (χ3n) is 3.17. The number of nitrogens with zero attached hydrogens (tertiary/aromatic N) is 3. The summed E-state index contributed by atoms with van der Waals surface area (Å²) in [7, 11) is 0. The smallest absolute Gasteiger partial charge is 0.125 e. The number of aromatic nitrogens is 2. The lowest BCUT2D eigenvalue weighted by Gasteiger charge is -2.26. The highest BCUT2D eigenvalue weighted by molar-refractivity contribution is 6.16. The average molecular weight is 292 g/mol. The van der Waals surface area contributed by atoms with Gasteiger partial charge in [0.15, 0.2) is 0 Å². The molecule has 4 nitrogen and oxygen atoms in total. The number of benzene rings is 1. The quantitative estimate of drug-likeness (QED) is 0.793. The van der Waals surface area contributed by atoms with E-state index in [1.807, 2.05) is 37.5 Å². The average Bonchev–Trinajstić information content (AvgIpc) is 2.76. The molecule has 0 aliphatic heterocycles. The molecular formula is C15H18ClN3O. The van der Waals surface area contributed by atoms with Gasteiger partial charge in [-0.05, 0) is 32.9 Å². The van der Waals surface area contributed by atoms with Gasteiger partial charge in [0, 0.05) is 6.61 Å². The van der Waals surface area contributed by atoms with Crippen molar-refractivity contribution in [2.45, 2.75) is 38.8 Å². The fourth-order valence-electron chi connectivity index (χ4n) is 2.38. The second-order valence-electron chi connectivity index (χ2n) is 5.23. The Kier molecular flexibility index (Phi) is 4.32. The molecule has 0 amide bonds. The zero-order chi connectivity index (χ0) is 14.8. The van der Waals surface area contributed by atoms with Crippen LogP contribution in [0.25, 0.3) is 11.0 Å². The molecule has 0 radical (unpaired) electrons. The fraction of sp³-hybridized carbons (Fsp3) is 0.467. The van der Waals surface area contributed by atoms with Crippen molar-refractivity contribution < 1.29 is 4.74 Å². The zero-order valence-electron chi connectivity index (χ0n) is 12.0. The van der Waals surface area contributed by atoms with Crippen LogP contribution in [-0.4, -0.2) is 21.8 Å². The molecule has 0 unspecified atom stereocenters. The van der Waals surface area contributed by atoms with Crippen LogP contribution in [0, 0.1) is 11.3 Å². The summed E-state index contributed by atoms with van der Waals surface area (Å²) in [5.74, 6) is 1.07. The first-order valence-corrected chi connectivity index (χ1v) is 7.14. The molecule has 106 valence electrons. The first-order valence-electron chi connectivity index (χ1n) is 6.60. The molecule has 0 aliphatic rings. The number of halogens is 1. The molecule has 1 aromatic carbocycles. The first kappa shape index (κ1) is 14.8. The highest BCUT2D eigenvalue weighted by Gasteiger charge is 2.22. The van der Waals surface area contributed by atoms with Crippen molar-refractivity contribution in [1.29, 1.82) is 5.26 Å². The van der Waals surface area contributed by atoms with Crippen molar-refractivity contribution in [3.63, 3.8) is 0 Å². The van der Waals surface area contributed by atoms with Crippen molar-refractivity contribution in [3.8, 4) is 6.07 Å². The number of imidazole rings is 1. The van der Waals surface area contributed by atoms with Crippen LogP contribution in [0.2, 0.25) is 0 Å². The molecule has 0 atom stereocenters. The summed E-state index contributed by atoms with van der Waals surface area (Å²) in [6.45, 7) is 7.35. The van der Waals surface area contributed by atoms with Crippen molar-refractivity contribution in [2.75, 3.05) is 6.61 Å². The first-order chi connectivity index (χ1) is 9.52. The van der Waals surface area contributed by atoms with Crippen LogP contribution in [0.4, 0.5) is 0 Å². The van der Waals surface area contributed by atoms with Crippen LogP contribution in [-0.2, 0) is 17.2 Å². The summed E-state index contributed by atoms with van der Waals surface area (Å²) in [6.07, 6.45) is 0. The Morgan fingerprint density at radius 2 is 2.20 bits per heavy atom. The number of alkyl halides is 1. The molecule has 2 rings (SSSR count). The summed E-state index contributed by atoms with van der Waals surface area (Å²) < 4.78 is 7.79. The lowest BCUT2D eigenvalue weighted by Crippen LogP contribution is -2.31. The maximum absolute atomic E-state index is 9.17. The lowest BCUT2D eigenvalue weighted by molar-refractivity contribution is -0.0220. The number of rotatable bonds is 5. The number of fused-ring (bicyclic) bond motifs is 1. The largest absolute Gasteiger partial charge is 0.374 e. The summed E-state index contributed by atoms with van der Waals surface area (Å²) in [5, 5.41) is 9.17. The van der Waals surface area contributed by atoms with Gasteiger partial charge < -0.3 is 9.30 Å². The van der Waals surface area contributed by atoms with E-state index in [0.29, 0.717) is 30.1 Å². The van der Waals surface area contributed by atoms with Gasteiger partial charge in [0.1, 0.15) is 17.4 Å². The van der Waals surface area contributed by atoms with Gasteiger partial charge in [-0.25, -0.2) is 4.98 Å². The number of hydrogen-bond acceptors (Lipinski definition) is 3. The third kappa shape index (κ3) is 2.79. The van der Waals surface area contributed by atoms with E-state index in [9.17, 15) is 0 Å². The minimum absolute atomic E-state index is 0.307. The van der Waals surface area contributed by atoms with E-state index in [4.69, 9.17) is 21.6 Å². The minimum atomic E-state index is -0.314. The second kappa shape index (κ2) is 5.82. The maximum Gasteiger partial charge on any atom is 0.125 e. The number of para-hydroxylation sites is 1. The molecular weight excluding hydrogens is 274 g/mol. The van der Waals surface area contributed by atoms with E-state index < -0.39 is 0 Å². The van der Waals surface area contributed by atoms with Crippen molar-refractivity contribution in [3.05, 3.63) is 29.6 Å². The molecule has 0 bridgehead atoms. The van der Waals surface area contributed by atoms with Gasteiger partial charge in [-0.3, -0.25) is 0 Å². The van der Waals surface area contributed by atoms with Gasteiger partial charge in [-0.1, -0.05) is 6.07 Å². The second-order valence-corrected chi connectivity index (χ2v) is 5.49. The third-order valence-corrected chi connectivity index (χ3v) is 3.41. The Bertz CT molecular complexity index is 655. The fourth-order valence-corrected chi connectivity index (χ4v) is 2.58. The molecule has 0 N–H and O–H groups in total. The molecule has 0 fully saturated rings. The van der Waals surface area contributed by atoms with Gasteiger partial charge in [-0.15, -0.1) is 11.6 Å². The molecule has 20 heavy (non-hydrogen) atoms. The maximum atomic E-state index is 9.17.